The van der Waals surface area contributed by atoms with Crippen LogP contribution in [0.5, 0.6) is 0 Å². The molecule has 2 nitrogen and oxygen atoms in total. The van der Waals surface area contributed by atoms with E-state index in [0.29, 0.717) is 5.69 Å². The van der Waals surface area contributed by atoms with E-state index in [1.165, 1.54) is 0 Å². The van der Waals surface area contributed by atoms with Crippen molar-refractivity contribution in [2.45, 2.75) is 13.0 Å². The van der Waals surface area contributed by atoms with Crippen LogP contribution in [0.15, 0.2) is 18.2 Å². The van der Waals surface area contributed by atoms with Crippen LogP contribution in [0.3, 0.4) is 0 Å². The molecule has 1 aromatic rings. The first kappa shape index (κ1) is 7.77. The molecule has 1 aromatic heterocycles. The zero-order valence-corrected chi connectivity index (χ0v) is 6.41. The summed E-state index contributed by atoms with van der Waals surface area (Å²) in [5.41, 5.74) is 7.08. The van der Waals surface area contributed by atoms with Crippen molar-refractivity contribution < 1.29 is 0 Å². The molecule has 0 amide bonds. The molecule has 1 rings (SSSR count). The molecular weight excluding hydrogens is 136 g/mol. The van der Waals surface area contributed by atoms with Gasteiger partial charge in [0.05, 0.1) is 5.69 Å². The molecule has 0 radical (unpaired) electrons. The number of terminal acetylenes is 1. The third-order valence-electron chi connectivity index (χ3n) is 1.39. The van der Waals surface area contributed by atoms with Gasteiger partial charge in [-0.2, -0.15) is 0 Å². The second-order valence-corrected chi connectivity index (χ2v) is 2.38. The maximum Gasteiger partial charge on any atom is 0.113 e. The average molecular weight is 146 g/mol. The number of hydrogen-bond donors (Lipinski definition) is 1. The van der Waals surface area contributed by atoms with E-state index in [0.717, 1.165) is 5.69 Å². The Labute approximate surface area is 66.4 Å². The number of aromatic nitrogens is 1. The summed E-state index contributed by atoms with van der Waals surface area (Å²) in [5.74, 6) is 2.46. The molecule has 2 N–H and O–H groups in total. The minimum absolute atomic E-state index is 0.0525. The van der Waals surface area contributed by atoms with Gasteiger partial charge < -0.3 is 5.73 Å². The quantitative estimate of drug-likeness (QED) is 0.602. The van der Waals surface area contributed by atoms with Crippen molar-refractivity contribution in [1.29, 1.82) is 0 Å². The summed E-state index contributed by atoms with van der Waals surface area (Å²) in [4.78, 5) is 4.13. The average Bonchev–Trinajstić information content (AvgIpc) is 2.05. The molecule has 0 unspecified atom stereocenters. The van der Waals surface area contributed by atoms with Crippen molar-refractivity contribution in [3.05, 3.63) is 29.6 Å². The smallest absolute Gasteiger partial charge is 0.113 e. The van der Waals surface area contributed by atoms with Crippen LogP contribution in [-0.4, -0.2) is 4.98 Å². The molecule has 0 saturated carbocycles. The Bertz CT molecular complexity index is 284. The molecule has 0 spiro atoms. The minimum atomic E-state index is -0.0525. The zero-order chi connectivity index (χ0) is 8.27. The second-order valence-electron chi connectivity index (χ2n) is 2.38. The van der Waals surface area contributed by atoms with Gasteiger partial charge in [0.1, 0.15) is 5.69 Å². The standard InChI is InChI=1S/C9H10N2/c1-3-8-5-4-6-9(11-8)7(2)10/h1,4-7H,10H2,2H3/t7-/m0/s1. The molecule has 0 aliphatic heterocycles. The molecule has 11 heavy (non-hydrogen) atoms. The summed E-state index contributed by atoms with van der Waals surface area (Å²) in [5, 5.41) is 0. The predicted molar refractivity (Wildman–Crippen MR) is 44.8 cm³/mol. The van der Waals surface area contributed by atoms with E-state index < -0.39 is 0 Å². The van der Waals surface area contributed by atoms with E-state index in [9.17, 15) is 0 Å². The van der Waals surface area contributed by atoms with E-state index in [1.54, 1.807) is 6.07 Å². The molecule has 1 atom stereocenters. The third-order valence-corrected chi connectivity index (χ3v) is 1.39. The first-order chi connectivity index (χ1) is 5.24. The van der Waals surface area contributed by atoms with Gasteiger partial charge in [-0.25, -0.2) is 4.98 Å². The zero-order valence-electron chi connectivity index (χ0n) is 6.41. The summed E-state index contributed by atoms with van der Waals surface area (Å²) in [7, 11) is 0. The lowest BCUT2D eigenvalue weighted by atomic mass is 10.2. The number of hydrogen-bond acceptors (Lipinski definition) is 2. The number of pyridine rings is 1. The number of nitrogens with two attached hydrogens (primary N) is 1. The third kappa shape index (κ3) is 1.79. The summed E-state index contributed by atoms with van der Waals surface area (Å²) in [6, 6.07) is 5.46. The van der Waals surface area contributed by atoms with Gasteiger partial charge in [0.15, 0.2) is 0 Å². The van der Waals surface area contributed by atoms with Gasteiger partial charge >= 0.3 is 0 Å². The fourth-order valence-electron chi connectivity index (χ4n) is 0.785. The number of nitrogens with zero attached hydrogens (tertiary/aromatic N) is 1. The highest BCUT2D eigenvalue weighted by Crippen LogP contribution is 2.05. The Hall–Kier alpha value is -1.33. The highest BCUT2D eigenvalue weighted by Gasteiger charge is 1.99. The topological polar surface area (TPSA) is 38.9 Å². The first-order valence-corrected chi connectivity index (χ1v) is 3.43. The Morgan fingerprint density at radius 3 is 2.91 bits per heavy atom. The summed E-state index contributed by atoms with van der Waals surface area (Å²) in [6.45, 7) is 1.88. The summed E-state index contributed by atoms with van der Waals surface area (Å²) >= 11 is 0. The van der Waals surface area contributed by atoms with Gasteiger partial charge in [-0.15, -0.1) is 6.42 Å². The predicted octanol–water partition coefficient (Wildman–Crippen LogP) is 1.08. The van der Waals surface area contributed by atoms with Crippen LogP contribution in [0, 0.1) is 12.3 Å². The van der Waals surface area contributed by atoms with Crippen LogP contribution in [0.25, 0.3) is 0 Å². The maximum absolute atomic E-state index is 5.61. The molecule has 56 valence electrons. The van der Waals surface area contributed by atoms with E-state index in [1.807, 2.05) is 19.1 Å². The lowest BCUT2D eigenvalue weighted by Gasteiger charge is -2.03. The maximum atomic E-state index is 5.61. The van der Waals surface area contributed by atoms with Gasteiger partial charge in [0.2, 0.25) is 0 Å². The van der Waals surface area contributed by atoms with Gasteiger partial charge in [-0.3, -0.25) is 0 Å². The largest absolute Gasteiger partial charge is 0.323 e. The highest BCUT2D eigenvalue weighted by atomic mass is 14.8. The Kier molecular flexibility index (Phi) is 2.25. The molecule has 0 aromatic carbocycles. The van der Waals surface area contributed by atoms with Crippen molar-refractivity contribution in [1.82, 2.24) is 4.98 Å². The van der Waals surface area contributed by atoms with Gasteiger partial charge in [-0.05, 0) is 19.1 Å². The van der Waals surface area contributed by atoms with Gasteiger partial charge in [0.25, 0.3) is 0 Å². The highest BCUT2D eigenvalue weighted by molar-refractivity contribution is 5.26. The van der Waals surface area contributed by atoms with Crippen LogP contribution >= 0.6 is 0 Å². The SMILES string of the molecule is C#Cc1cccc([C@H](C)N)n1. The number of rotatable bonds is 1. The summed E-state index contributed by atoms with van der Waals surface area (Å²) in [6.07, 6.45) is 5.17. The van der Waals surface area contributed by atoms with E-state index in [2.05, 4.69) is 10.9 Å². The van der Waals surface area contributed by atoms with Crippen LogP contribution in [0.2, 0.25) is 0 Å². The molecule has 0 saturated heterocycles. The molecule has 0 aliphatic rings. The van der Waals surface area contributed by atoms with Crippen LogP contribution in [-0.2, 0) is 0 Å². The van der Waals surface area contributed by atoms with Gasteiger partial charge in [0, 0.05) is 6.04 Å². The van der Waals surface area contributed by atoms with E-state index in [4.69, 9.17) is 12.2 Å². The van der Waals surface area contributed by atoms with Crippen molar-refractivity contribution in [3.8, 4) is 12.3 Å². The normalized spacial score (nSPS) is 12.1. The monoisotopic (exact) mass is 146 g/mol. The lowest BCUT2D eigenvalue weighted by molar-refractivity contribution is 0.779. The molecule has 0 aliphatic carbocycles. The second kappa shape index (κ2) is 3.18. The van der Waals surface area contributed by atoms with E-state index in [-0.39, 0.29) is 6.04 Å². The Morgan fingerprint density at radius 1 is 1.64 bits per heavy atom. The molecule has 1 heterocycles. The van der Waals surface area contributed by atoms with Crippen LogP contribution in [0.1, 0.15) is 24.4 Å². The molecule has 0 fully saturated rings. The molecular formula is C9H10N2. The molecule has 0 bridgehead atoms. The fourth-order valence-corrected chi connectivity index (χ4v) is 0.785. The molecule has 2 heteroatoms. The van der Waals surface area contributed by atoms with Crippen molar-refractivity contribution in [2.24, 2.45) is 5.73 Å². The minimum Gasteiger partial charge on any atom is -0.323 e. The van der Waals surface area contributed by atoms with Crippen molar-refractivity contribution >= 4 is 0 Å². The van der Waals surface area contributed by atoms with Crippen LogP contribution < -0.4 is 5.73 Å². The lowest BCUT2D eigenvalue weighted by Crippen LogP contribution is -2.07. The first-order valence-electron chi connectivity index (χ1n) is 3.43. The van der Waals surface area contributed by atoms with Crippen molar-refractivity contribution in [3.63, 3.8) is 0 Å². The Balaban J connectivity index is 3.03. The van der Waals surface area contributed by atoms with Crippen LogP contribution in [0.4, 0.5) is 0 Å². The van der Waals surface area contributed by atoms with Gasteiger partial charge in [-0.1, -0.05) is 12.0 Å². The van der Waals surface area contributed by atoms with E-state index >= 15 is 0 Å². The summed E-state index contributed by atoms with van der Waals surface area (Å²) < 4.78 is 0. The van der Waals surface area contributed by atoms with Crippen molar-refractivity contribution in [2.75, 3.05) is 0 Å². The fraction of sp³-hybridized carbons (Fsp3) is 0.222. The Morgan fingerprint density at radius 2 is 2.36 bits per heavy atom.